The smallest absolute Gasteiger partial charge is 0.357 e. The van der Waals surface area contributed by atoms with Crippen molar-refractivity contribution in [2.75, 3.05) is 0 Å². The van der Waals surface area contributed by atoms with Crippen LogP contribution in [0.2, 0.25) is 15.1 Å². The molecule has 0 heterocycles. The van der Waals surface area contributed by atoms with Crippen LogP contribution in [0, 0.1) is 11.6 Å². The first-order chi connectivity index (χ1) is 13.8. The lowest BCUT2D eigenvalue weighted by Crippen LogP contribution is -2.28. The van der Waals surface area contributed by atoms with Crippen LogP contribution in [0.3, 0.4) is 0 Å². The van der Waals surface area contributed by atoms with Gasteiger partial charge in [0.15, 0.2) is 0 Å². The standard InChI is InChI=1S/C21H14Cl3F2NO2/c22-14-9-7-13(8-10-14)21(28)29-27(11-15-17(23)3-1-5-19(15)25)12-16-18(24)4-2-6-20(16)26/h1-10H,11-12H2. The molecule has 0 atom stereocenters. The first kappa shape index (κ1) is 21.5. The number of carbonyl (C=O) groups excluding carboxylic acids is 1. The second-order valence-electron chi connectivity index (χ2n) is 6.08. The number of rotatable bonds is 6. The Hall–Kier alpha value is -2.18. The highest BCUT2D eigenvalue weighted by Crippen LogP contribution is 2.25. The van der Waals surface area contributed by atoms with Crippen LogP contribution in [0.25, 0.3) is 0 Å². The molecule has 150 valence electrons. The number of hydrogen-bond acceptors (Lipinski definition) is 3. The molecule has 0 aromatic heterocycles. The van der Waals surface area contributed by atoms with E-state index in [-0.39, 0.29) is 39.8 Å². The average Bonchev–Trinajstić information content (AvgIpc) is 2.68. The summed E-state index contributed by atoms with van der Waals surface area (Å²) < 4.78 is 28.5. The van der Waals surface area contributed by atoms with Gasteiger partial charge < -0.3 is 4.84 Å². The predicted octanol–water partition coefficient (Wildman–Crippen LogP) is 6.70. The van der Waals surface area contributed by atoms with E-state index >= 15 is 0 Å². The van der Waals surface area contributed by atoms with Gasteiger partial charge in [0.1, 0.15) is 11.6 Å². The van der Waals surface area contributed by atoms with E-state index in [0.29, 0.717) is 5.02 Å². The third-order valence-corrected chi connectivity index (χ3v) is 5.04. The molecule has 0 aliphatic rings. The summed E-state index contributed by atoms with van der Waals surface area (Å²) in [7, 11) is 0. The molecule has 0 saturated heterocycles. The summed E-state index contributed by atoms with van der Waals surface area (Å²) in [6.45, 7) is -0.426. The van der Waals surface area contributed by atoms with Gasteiger partial charge in [-0.2, -0.15) is 0 Å². The Morgan fingerprint density at radius 2 is 1.28 bits per heavy atom. The number of benzene rings is 3. The molecule has 3 rings (SSSR count). The number of hydroxylamine groups is 2. The fourth-order valence-corrected chi connectivity index (χ4v) is 3.17. The maximum absolute atomic E-state index is 14.2. The summed E-state index contributed by atoms with van der Waals surface area (Å²) in [4.78, 5) is 17.9. The molecule has 0 fully saturated rings. The van der Waals surface area contributed by atoms with Gasteiger partial charge in [0.2, 0.25) is 0 Å². The summed E-state index contributed by atoms with van der Waals surface area (Å²) >= 11 is 18.0. The molecular weight excluding hydrogens is 443 g/mol. The molecule has 3 aromatic carbocycles. The zero-order valence-corrected chi connectivity index (χ0v) is 17.1. The molecule has 0 spiro atoms. The number of halogens is 5. The Bertz CT molecular complexity index is 935. The van der Waals surface area contributed by atoms with E-state index in [4.69, 9.17) is 39.6 Å². The third kappa shape index (κ3) is 5.46. The van der Waals surface area contributed by atoms with Crippen LogP contribution >= 0.6 is 34.8 Å². The Balaban J connectivity index is 1.90. The zero-order valence-electron chi connectivity index (χ0n) is 14.8. The normalized spacial score (nSPS) is 11.0. The highest BCUT2D eigenvalue weighted by molar-refractivity contribution is 6.31. The van der Waals surface area contributed by atoms with Gasteiger partial charge in [0, 0.05) is 26.2 Å². The van der Waals surface area contributed by atoms with Crippen LogP contribution in [0.4, 0.5) is 8.78 Å². The van der Waals surface area contributed by atoms with Gasteiger partial charge >= 0.3 is 5.97 Å². The highest BCUT2D eigenvalue weighted by atomic mass is 35.5. The molecule has 3 nitrogen and oxygen atoms in total. The minimum absolute atomic E-state index is 0.102. The third-order valence-electron chi connectivity index (χ3n) is 4.08. The Morgan fingerprint density at radius 3 is 1.72 bits per heavy atom. The predicted molar refractivity (Wildman–Crippen MR) is 109 cm³/mol. The second kappa shape index (κ2) is 9.55. The number of nitrogens with zero attached hydrogens (tertiary/aromatic N) is 1. The average molecular weight is 457 g/mol. The first-order valence-corrected chi connectivity index (χ1v) is 9.57. The lowest BCUT2D eigenvalue weighted by atomic mass is 10.1. The summed E-state index contributed by atoms with van der Waals surface area (Å²) in [5.74, 6) is -1.88. The zero-order chi connectivity index (χ0) is 21.0. The lowest BCUT2D eigenvalue weighted by molar-refractivity contribution is -0.124. The van der Waals surface area contributed by atoms with E-state index in [2.05, 4.69) is 0 Å². The number of carbonyl (C=O) groups is 1. The van der Waals surface area contributed by atoms with E-state index in [0.717, 1.165) is 5.06 Å². The fourth-order valence-electron chi connectivity index (χ4n) is 2.60. The summed E-state index contributed by atoms with van der Waals surface area (Å²) in [5, 5.41) is 1.86. The van der Waals surface area contributed by atoms with E-state index in [1.54, 1.807) is 0 Å². The molecule has 0 unspecified atom stereocenters. The van der Waals surface area contributed by atoms with Crippen molar-refractivity contribution in [2.24, 2.45) is 0 Å². The minimum atomic E-state index is -0.721. The van der Waals surface area contributed by atoms with Crippen molar-refractivity contribution in [2.45, 2.75) is 13.1 Å². The van der Waals surface area contributed by atoms with Crippen LogP contribution in [-0.4, -0.2) is 11.0 Å². The summed E-state index contributed by atoms with van der Waals surface area (Å²) in [5.41, 5.74) is 0.426. The molecule has 0 radical (unpaired) electrons. The summed E-state index contributed by atoms with van der Waals surface area (Å²) in [6.07, 6.45) is 0. The molecule has 3 aromatic rings. The van der Waals surface area contributed by atoms with Gasteiger partial charge in [-0.05, 0) is 48.5 Å². The van der Waals surface area contributed by atoms with E-state index in [1.165, 1.54) is 60.7 Å². The van der Waals surface area contributed by atoms with Crippen LogP contribution in [-0.2, 0) is 17.9 Å². The second-order valence-corrected chi connectivity index (χ2v) is 7.33. The highest BCUT2D eigenvalue weighted by Gasteiger charge is 2.21. The van der Waals surface area contributed by atoms with Crippen molar-refractivity contribution in [3.8, 4) is 0 Å². The molecule has 0 aliphatic carbocycles. The van der Waals surface area contributed by atoms with Gasteiger partial charge in [-0.3, -0.25) is 0 Å². The SMILES string of the molecule is O=C(ON(Cc1c(F)cccc1Cl)Cc1c(F)cccc1Cl)c1ccc(Cl)cc1. The van der Waals surface area contributed by atoms with Crippen LogP contribution in [0.5, 0.6) is 0 Å². The van der Waals surface area contributed by atoms with Gasteiger partial charge in [0.05, 0.1) is 18.7 Å². The Morgan fingerprint density at radius 1 is 0.793 bits per heavy atom. The maximum Gasteiger partial charge on any atom is 0.357 e. The van der Waals surface area contributed by atoms with Gasteiger partial charge in [0.25, 0.3) is 0 Å². The van der Waals surface area contributed by atoms with Gasteiger partial charge in [-0.1, -0.05) is 46.9 Å². The Labute approximate surface area is 181 Å². The van der Waals surface area contributed by atoms with Crippen molar-refractivity contribution in [1.82, 2.24) is 5.06 Å². The van der Waals surface area contributed by atoms with E-state index in [1.807, 2.05) is 0 Å². The summed E-state index contributed by atoms with van der Waals surface area (Å²) in [6, 6.07) is 14.4. The quantitative estimate of drug-likeness (QED) is 0.387. The topological polar surface area (TPSA) is 29.5 Å². The Kier molecular flexibility index (Phi) is 7.09. The van der Waals surface area contributed by atoms with E-state index < -0.39 is 17.6 Å². The number of hydrogen-bond donors (Lipinski definition) is 0. The van der Waals surface area contributed by atoms with Crippen LogP contribution in [0.15, 0.2) is 60.7 Å². The largest absolute Gasteiger partial charge is 0.363 e. The van der Waals surface area contributed by atoms with Gasteiger partial charge in [-0.25, -0.2) is 13.6 Å². The molecule has 0 bridgehead atoms. The molecule has 0 amide bonds. The maximum atomic E-state index is 14.2. The lowest BCUT2D eigenvalue weighted by Gasteiger charge is -2.23. The molecular formula is C21H14Cl3F2NO2. The van der Waals surface area contributed by atoms with Crippen molar-refractivity contribution in [1.29, 1.82) is 0 Å². The monoisotopic (exact) mass is 455 g/mol. The van der Waals surface area contributed by atoms with Crippen LogP contribution < -0.4 is 0 Å². The molecule has 0 saturated carbocycles. The molecule has 0 N–H and O–H groups in total. The molecule has 0 aliphatic heterocycles. The van der Waals surface area contributed by atoms with E-state index in [9.17, 15) is 13.6 Å². The van der Waals surface area contributed by atoms with Crippen molar-refractivity contribution in [3.05, 3.63) is 104 Å². The van der Waals surface area contributed by atoms with Gasteiger partial charge in [-0.15, -0.1) is 5.06 Å². The minimum Gasteiger partial charge on any atom is -0.363 e. The van der Waals surface area contributed by atoms with Crippen LogP contribution in [0.1, 0.15) is 21.5 Å². The molecule has 8 heteroatoms. The molecule has 29 heavy (non-hydrogen) atoms. The van der Waals surface area contributed by atoms with Crippen molar-refractivity contribution < 1.29 is 18.4 Å². The first-order valence-electron chi connectivity index (χ1n) is 8.43. The van der Waals surface area contributed by atoms with Crippen molar-refractivity contribution in [3.63, 3.8) is 0 Å². The van der Waals surface area contributed by atoms with Crippen molar-refractivity contribution >= 4 is 40.8 Å². The fraction of sp³-hybridized carbons (Fsp3) is 0.0952.